The van der Waals surface area contributed by atoms with Gasteiger partial charge in [0.2, 0.25) is 11.8 Å². The van der Waals surface area contributed by atoms with Gasteiger partial charge in [-0.15, -0.1) is 0 Å². The number of nitrogens with zero attached hydrogens (tertiary/aromatic N) is 1. The zero-order valence-electron chi connectivity index (χ0n) is 8.98. The van der Waals surface area contributed by atoms with E-state index in [-0.39, 0.29) is 5.91 Å². The minimum absolute atomic E-state index is 0.172. The van der Waals surface area contributed by atoms with Crippen molar-refractivity contribution >= 4 is 22.8 Å². The van der Waals surface area contributed by atoms with Crippen LogP contribution in [0.2, 0.25) is 0 Å². The smallest absolute Gasteiger partial charge is 0.229 e. The summed E-state index contributed by atoms with van der Waals surface area (Å²) in [7, 11) is 0. The summed E-state index contributed by atoms with van der Waals surface area (Å²) < 4.78 is 5.68. The summed E-state index contributed by atoms with van der Waals surface area (Å²) in [5.74, 6) is 0.858. The first-order valence-electron chi connectivity index (χ1n) is 5.63. The molecule has 0 saturated carbocycles. The summed E-state index contributed by atoms with van der Waals surface area (Å²) in [5.41, 5.74) is 0.843. The number of benzene rings is 1. The fraction of sp³-hybridized carbons (Fsp3) is 0.308. The molecule has 1 aliphatic heterocycles. The summed E-state index contributed by atoms with van der Waals surface area (Å²) >= 11 is 0. The molecule has 1 aromatic heterocycles. The van der Waals surface area contributed by atoms with Gasteiger partial charge in [-0.2, -0.15) is 0 Å². The molecule has 0 aliphatic carbocycles. The minimum Gasteiger partial charge on any atom is -0.440 e. The molecule has 0 N–H and O–H groups in total. The van der Waals surface area contributed by atoms with Crippen molar-refractivity contribution in [3.05, 3.63) is 30.3 Å². The van der Waals surface area contributed by atoms with Crippen LogP contribution in [0.4, 0.5) is 5.88 Å². The van der Waals surface area contributed by atoms with Gasteiger partial charge in [-0.3, -0.25) is 9.69 Å². The second-order valence-electron chi connectivity index (χ2n) is 4.12. The maximum atomic E-state index is 11.7. The Labute approximate surface area is 93.6 Å². The first-order valence-corrected chi connectivity index (χ1v) is 5.63. The van der Waals surface area contributed by atoms with Gasteiger partial charge >= 0.3 is 0 Å². The number of amides is 1. The Bertz CT molecular complexity index is 496. The van der Waals surface area contributed by atoms with E-state index in [9.17, 15) is 4.79 Å². The molecule has 0 radical (unpaired) electrons. The van der Waals surface area contributed by atoms with E-state index < -0.39 is 0 Å². The quantitative estimate of drug-likeness (QED) is 0.732. The van der Waals surface area contributed by atoms with E-state index >= 15 is 0 Å². The monoisotopic (exact) mass is 215 g/mol. The molecule has 3 nitrogen and oxygen atoms in total. The summed E-state index contributed by atoms with van der Waals surface area (Å²) in [4.78, 5) is 13.5. The highest BCUT2D eigenvalue weighted by molar-refractivity contribution is 5.95. The molecule has 0 unspecified atom stereocenters. The predicted octanol–water partition coefficient (Wildman–Crippen LogP) is 2.95. The van der Waals surface area contributed by atoms with Crippen molar-refractivity contribution in [2.45, 2.75) is 19.3 Å². The summed E-state index contributed by atoms with van der Waals surface area (Å²) in [6.07, 6.45) is 2.69. The second kappa shape index (κ2) is 3.67. The Kier molecular flexibility index (Phi) is 2.17. The highest BCUT2D eigenvalue weighted by Gasteiger charge is 2.22. The maximum absolute atomic E-state index is 11.7. The van der Waals surface area contributed by atoms with Gasteiger partial charge in [0.25, 0.3) is 0 Å². The molecule has 2 aromatic rings. The van der Waals surface area contributed by atoms with Crippen LogP contribution >= 0.6 is 0 Å². The van der Waals surface area contributed by atoms with Crippen molar-refractivity contribution < 1.29 is 9.21 Å². The zero-order valence-corrected chi connectivity index (χ0v) is 8.98. The summed E-state index contributed by atoms with van der Waals surface area (Å²) in [5, 5.41) is 1.05. The topological polar surface area (TPSA) is 33.5 Å². The van der Waals surface area contributed by atoms with Crippen molar-refractivity contribution in [3.8, 4) is 0 Å². The lowest BCUT2D eigenvalue weighted by atomic mass is 10.1. The normalized spacial score (nSPS) is 17.0. The molecule has 0 atom stereocenters. The van der Waals surface area contributed by atoms with Crippen LogP contribution in [0.25, 0.3) is 11.0 Å². The number of furan rings is 1. The average molecular weight is 215 g/mol. The van der Waals surface area contributed by atoms with Crippen LogP contribution in [0.1, 0.15) is 19.3 Å². The number of carbonyl (C=O) groups excluding carboxylic acids is 1. The lowest BCUT2D eigenvalue weighted by Crippen LogP contribution is -2.34. The van der Waals surface area contributed by atoms with Crippen LogP contribution in [0.3, 0.4) is 0 Å². The van der Waals surface area contributed by atoms with Gasteiger partial charge in [0.05, 0.1) is 0 Å². The van der Waals surface area contributed by atoms with Gasteiger partial charge in [-0.1, -0.05) is 18.2 Å². The number of anilines is 1. The molecule has 2 heterocycles. The predicted molar refractivity (Wildman–Crippen MR) is 62.4 cm³/mol. The van der Waals surface area contributed by atoms with Crippen LogP contribution < -0.4 is 4.90 Å². The molecule has 3 rings (SSSR count). The average Bonchev–Trinajstić information content (AvgIpc) is 2.73. The number of piperidine rings is 1. The van der Waals surface area contributed by atoms with E-state index in [0.29, 0.717) is 12.3 Å². The van der Waals surface area contributed by atoms with Crippen molar-refractivity contribution in [1.29, 1.82) is 0 Å². The van der Waals surface area contributed by atoms with Crippen molar-refractivity contribution in [2.24, 2.45) is 0 Å². The zero-order chi connectivity index (χ0) is 11.0. The van der Waals surface area contributed by atoms with Crippen LogP contribution in [0, 0.1) is 0 Å². The van der Waals surface area contributed by atoms with Crippen LogP contribution in [0.15, 0.2) is 34.7 Å². The standard InChI is InChI=1S/C13H13NO2/c15-12-7-3-4-8-14(12)13-9-10-5-1-2-6-11(10)16-13/h1-2,5-6,9H,3-4,7-8H2. The molecular formula is C13H13NO2. The van der Waals surface area contributed by atoms with Gasteiger partial charge in [0.1, 0.15) is 5.58 Å². The van der Waals surface area contributed by atoms with Crippen LogP contribution in [-0.4, -0.2) is 12.5 Å². The molecule has 1 aromatic carbocycles. The molecule has 0 spiro atoms. The van der Waals surface area contributed by atoms with Gasteiger partial charge < -0.3 is 4.42 Å². The molecule has 1 fully saturated rings. The second-order valence-corrected chi connectivity index (χ2v) is 4.12. The van der Waals surface area contributed by atoms with Crippen LogP contribution in [-0.2, 0) is 4.79 Å². The largest absolute Gasteiger partial charge is 0.440 e. The first-order chi connectivity index (χ1) is 7.84. The van der Waals surface area contributed by atoms with E-state index in [0.717, 1.165) is 30.4 Å². The van der Waals surface area contributed by atoms with Gasteiger partial charge in [0.15, 0.2) is 0 Å². The molecule has 0 bridgehead atoms. The first kappa shape index (κ1) is 9.46. The highest BCUT2D eigenvalue weighted by atomic mass is 16.4. The Morgan fingerprint density at radius 1 is 1.19 bits per heavy atom. The number of para-hydroxylation sites is 1. The van der Waals surface area contributed by atoms with Crippen LogP contribution in [0.5, 0.6) is 0 Å². The molecule has 3 heteroatoms. The van der Waals surface area contributed by atoms with Crippen molar-refractivity contribution in [3.63, 3.8) is 0 Å². The van der Waals surface area contributed by atoms with Crippen molar-refractivity contribution in [2.75, 3.05) is 11.4 Å². The number of hydrogen-bond donors (Lipinski definition) is 0. The lowest BCUT2D eigenvalue weighted by Gasteiger charge is -2.23. The maximum Gasteiger partial charge on any atom is 0.229 e. The van der Waals surface area contributed by atoms with Gasteiger partial charge in [-0.25, -0.2) is 0 Å². The van der Waals surface area contributed by atoms with E-state index in [1.165, 1.54) is 0 Å². The molecular weight excluding hydrogens is 202 g/mol. The third-order valence-electron chi connectivity index (χ3n) is 3.00. The number of rotatable bonds is 1. The summed E-state index contributed by atoms with van der Waals surface area (Å²) in [6, 6.07) is 9.77. The third-order valence-corrected chi connectivity index (χ3v) is 3.00. The van der Waals surface area contributed by atoms with Gasteiger partial charge in [-0.05, 0) is 18.9 Å². The Morgan fingerprint density at radius 2 is 2.06 bits per heavy atom. The highest BCUT2D eigenvalue weighted by Crippen LogP contribution is 2.28. The molecule has 16 heavy (non-hydrogen) atoms. The van der Waals surface area contributed by atoms with E-state index in [2.05, 4.69) is 0 Å². The lowest BCUT2D eigenvalue weighted by molar-refractivity contribution is -0.119. The summed E-state index contributed by atoms with van der Waals surface area (Å²) in [6.45, 7) is 0.776. The Balaban J connectivity index is 2.01. The number of fused-ring (bicyclic) bond motifs is 1. The van der Waals surface area contributed by atoms with E-state index in [1.54, 1.807) is 4.90 Å². The fourth-order valence-corrected chi connectivity index (χ4v) is 2.14. The molecule has 1 aliphatic rings. The SMILES string of the molecule is O=C1CCCCN1c1cc2ccccc2o1. The molecule has 1 saturated heterocycles. The Morgan fingerprint density at radius 3 is 2.88 bits per heavy atom. The third kappa shape index (κ3) is 1.48. The van der Waals surface area contributed by atoms with Crippen molar-refractivity contribution in [1.82, 2.24) is 0 Å². The number of carbonyl (C=O) groups is 1. The Hall–Kier alpha value is -1.77. The fourth-order valence-electron chi connectivity index (χ4n) is 2.14. The molecule has 1 amide bonds. The van der Waals surface area contributed by atoms with E-state index in [4.69, 9.17) is 4.42 Å². The van der Waals surface area contributed by atoms with E-state index in [1.807, 2.05) is 30.3 Å². The minimum atomic E-state index is 0.172. The number of hydrogen-bond acceptors (Lipinski definition) is 2. The van der Waals surface area contributed by atoms with Gasteiger partial charge in [0, 0.05) is 24.4 Å². The molecule has 82 valence electrons.